The Morgan fingerprint density at radius 3 is 1.82 bits per heavy atom. The number of phenolic OH excluding ortho intramolecular Hbond substituents is 1. The van der Waals surface area contributed by atoms with Gasteiger partial charge in [0.2, 0.25) is 17.7 Å². The number of hydrogen-bond donors (Lipinski definition) is 3. The third kappa shape index (κ3) is 12.2. The molecule has 0 aliphatic heterocycles. The molecule has 1 aliphatic carbocycles. The predicted molar refractivity (Wildman–Crippen MR) is 156 cm³/mol. The fraction of sp³-hybridized carbons (Fsp3) is 0.406. The number of hydrogen-bond acceptors (Lipinski definition) is 6. The smallest absolute Gasteiger partial charge is 0.219 e. The summed E-state index contributed by atoms with van der Waals surface area (Å²) < 4.78 is 11.7. The van der Waals surface area contributed by atoms with Crippen molar-refractivity contribution in [1.82, 2.24) is 15.6 Å². The minimum absolute atomic E-state index is 0.00991. The van der Waals surface area contributed by atoms with Crippen molar-refractivity contribution in [3.63, 3.8) is 0 Å². The Morgan fingerprint density at radius 1 is 0.800 bits per heavy atom. The number of ether oxygens (including phenoxy) is 2. The highest BCUT2D eigenvalue weighted by Crippen LogP contribution is 2.26. The molecule has 0 radical (unpaired) electrons. The molecule has 0 bridgehead atoms. The molecule has 40 heavy (non-hydrogen) atoms. The van der Waals surface area contributed by atoms with Gasteiger partial charge in [0.15, 0.2) is 0 Å². The monoisotopic (exact) mass is 547 g/mol. The first-order valence-electron chi connectivity index (χ1n) is 14.0. The lowest BCUT2D eigenvalue weighted by Gasteiger charge is -2.13. The van der Waals surface area contributed by atoms with E-state index in [1.165, 1.54) is 37.8 Å². The number of aromatic hydroxyl groups is 1. The van der Waals surface area contributed by atoms with Crippen molar-refractivity contribution < 1.29 is 24.2 Å². The van der Waals surface area contributed by atoms with Gasteiger partial charge in [-0.3, -0.25) is 9.59 Å². The number of amides is 2. The SMILES string of the molecule is CC(=O)NCCCc1ccc(O)cc1.CC(=O)NCCCc1ccc(Oc2ccc(OC3CCCC3)cn2)cc1. The number of pyridine rings is 1. The Kier molecular flexibility index (Phi) is 12.8. The molecule has 2 amide bonds. The molecule has 1 heterocycles. The summed E-state index contributed by atoms with van der Waals surface area (Å²) in [5.41, 5.74) is 2.39. The molecule has 0 spiro atoms. The maximum absolute atomic E-state index is 10.8. The standard InChI is InChI=1S/C21H26N2O3.C11H15NO2/c1-16(24)22-14-4-5-17-8-10-19(11-9-17)26-21-13-12-20(15-23-21)25-18-6-2-3-7-18;1-9(13)12-8-2-3-10-4-6-11(14)7-5-10/h8-13,15,18H,2-7,14H2,1H3,(H,22,24);4-7,14H,2-3,8H2,1H3,(H,12,13). The topological polar surface area (TPSA) is 110 Å². The molecule has 0 unspecified atom stereocenters. The van der Waals surface area contributed by atoms with E-state index in [-0.39, 0.29) is 17.6 Å². The average Bonchev–Trinajstić information content (AvgIpc) is 3.45. The normalized spacial score (nSPS) is 12.7. The van der Waals surface area contributed by atoms with Crippen LogP contribution in [0.25, 0.3) is 0 Å². The van der Waals surface area contributed by atoms with Gasteiger partial charge >= 0.3 is 0 Å². The zero-order chi connectivity index (χ0) is 28.6. The van der Waals surface area contributed by atoms with Crippen LogP contribution >= 0.6 is 0 Å². The number of nitrogens with one attached hydrogen (secondary N) is 2. The van der Waals surface area contributed by atoms with Crippen molar-refractivity contribution in [2.75, 3.05) is 13.1 Å². The quantitative estimate of drug-likeness (QED) is 0.250. The zero-order valence-corrected chi connectivity index (χ0v) is 23.5. The van der Waals surface area contributed by atoms with E-state index in [0.717, 1.165) is 50.0 Å². The first kappa shape index (κ1) is 30.5. The van der Waals surface area contributed by atoms with E-state index in [1.54, 1.807) is 18.3 Å². The fourth-order valence-corrected chi connectivity index (χ4v) is 4.32. The molecule has 214 valence electrons. The molecule has 4 rings (SSSR count). The van der Waals surface area contributed by atoms with Crippen molar-refractivity contribution in [3.05, 3.63) is 78.0 Å². The molecule has 3 N–H and O–H groups in total. The van der Waals surface area contributed by atoms with Gasteiger partial charge in [-0.1, -0.05) is 24.3 Å². The van der Waals surface area contributed by atoms with Crippen LogP contribution in [0.15, 0.2) is 66.9 Å². The average molecular weight is 548 g/mol. The second-order valence-corrected chi connectivity index (χ2v) is 9.94. The molecular weight excluding hydrogens is 506 g/mol. The number of phenols is 1. The number of aryl methyl sites for hydroxylation is 2. The molecule has 2 aromatic carbocycles. The van der Waals surface area contributed by atoms with Crippen LogP contribution in [0.2, 0.25) is 0 Å². The largest absolute Gasteiger partial charge is 0.508 e. The number of benzene rings is 2. The summed E-state index contributed by atoms with van der Waals surface area (Å²) in [6.45, 7) is 4.46. The number of aromatic nitrogens is 1. The van der Waals surface area contributed by atoms with E-state index >= 15 is 0 Å². The maximum Gasteiger partial charge on any atom is 0.219 e. The van der Waals surface area contributed by atoms with Crippen LogP contribution in [-0.2, 0) is 22.4 Å². The fourth-order valence-electron chi connectivity index (χ4n) is 4.32. The first-order valence-corrected chi connectivity index (χ1v) is 14.0. The van der Waals surface area contributed by atoms with Gasteiger partial charge in [-0.05, 0) is 92.8 Å². The van der Waals surface area contributed by atoms with Crippen molar-refractivity contribution in [2.24, 2.45) is 0 Å². The second-order valence-electron chi connectivity index (χ2n) is 9.94. The van der Waals surface area contributed by atoms with Crippen molar-refractivity contribution in [3.8, 4) is 23.1 Å². The molecular formula is C32H41N3O5. The molecule has 1 fully saturated rings. The van der Waals surface area contributed by atoms with Gasteiger partial charge in [0.1, 0.15) is 17.2 Å². The van der Waals surface area contributed by atoms with Crippen molar-refractivity contribution in [1.29, 1.82) is 0 Å². The summed E-state index contributed by atoms with van der Waals surface area (Å²) in [6.07, 6.45) is 10.5. The van der Waals surface area contributed by atoms with Crippen LogP contribution in [-0.4, -0.2) is 41.1 Å². The predicted octanol–water partition coefficient (Wildman–Crippen LogP) is 5.72. The Morgan fingerprint density at radius 2 is 1.32 bits per heavy atom. The summed E-state index contributed by atoms with van der Waals surface area (Å²) in [5, 5.41) is 14.6. The summed E-state index contributed by atoms with van der Waals surface area (Å²) in [5.74, 6) is 2.43. The Bertz CT molecular complexity index is 1160. The van der Waals surface area contributed by atoms with Crippen LogP contribution in [0.3, 0.4) is 0 Å². The van der Waals surface area contributed by atoms with Crippen LogP contribution in [0.1, 0.15) is 63.5 Å². The van der Waals surface area contributed by atoms with E-state index in [1.807, 2.05) is 48.5 Å². The van der Waals surface area contributed by atoms with Gasteiger partial charge < -0.3 is 25.2 Å². The summed E-state index contributed by atoms with van der Waals surface area (Å²) in [7, 11) is 0. The van der Waals surface area contributed by atoms with Gasteiger partial charge in [-0.2, -0.15) is 0 Å². The third-order valence-corrected chi connectivity index (χ3v) is 6.43. The summed E-state index contributed by atoms with van der Waals surface area (Å²) >= 11 is 0. The van der Waals surface area contributed by atoms with Crippen LogP contribution in [0, 0.1) is 0 Å². The molecule has 3 aromatic rings. The molecule has 1 aromatic heterocycles. The lowest BCUT2D eigenvalue weighted by atomic mass is 10.1. The Hall–Kier alpha value is -4.07. The zero-order valence-electron chi connectivity index (χ0n) is 23.5. The highest BCUT2D eigenvalue weighted by atomic mass is 16.5. The Labute approximate surface area is 237 Å². The highest BCUT2D eigenvalue weighted by Gasteiger charge is 2.16. The van der Waals surface area contributed by atoms with Crippen LogP contribution < -0.4 is 20.1 Å². The molecule has 1 saturated carbocycles. The van der Waals surface area contributed by atoms with Gasteiger partial charge in [-0.25, -0.2) is 4.98 Å². The summed E-state index contributed by atoms with van der Waals surface area (Å²) in [6, 6.07) is 18.9. The number of nitrogens with zero attached hydrogens (tertiary/aromatic N) is 1. The Balaban J connectivity index is 0.000000267. The highest BCUT2D eigenvalue weighted by molar-refractivity contribution is 5.73. The minimum atomic E-state index is 0.00991. The van der Waals surface area contributed by atoms with Gasteiger partial charge in [0.05, 0.1) is 12.3 Å². The van der Waals surface area contributed by atoms with Crippen LogP contribution in [0.5, 0.6) is 23.1 Å². The van der Waals surface area contributed by atoms with Gasteiger partial charge in [0.25, 0.3) is 0 Å². The van der Waals surface area contributed by atoms with E-state index in [9.17, 15) is 9.59 Å². The number of carbonyl (C=O) groups excluding carboxylic acids is 2. The lowest BCUT2D eigenvalue weighted by Crippen LogP contribution is -2.21. The van der Waals surface area contributed by atoms with E-state index in [2.05, 4.69) is 15.6 Å². The second kappa shape index (κ2) is 16.8. The number of rotatable bonds is 12. The van der Waals surface area contributed by atoms with E-state index < -0.39 is 0 Å². The van der Waals surface area contributed by atoms with E-state index in [4.69, 9.17) is 14.6 Å². The summed E-state index contributed by atoms with van der Waals surface area (Å²) in [4.78, 5) is 25.7. The minimum Gasteiger partial charge on any atom is -0.508 e. The third-order valence-electron chi connectivity index (χ3n) is 6.43. The molecule has 8 heteroatoms. The van der Waals surface area contributed by atoms with Crippen LogP contribution in [0.4, 0.5) is 0 Å². The molecule has 8 nitrogen and oxygen atoms in total. The lowest BCUT2D eigenvalue weighted by molar-refractivity contribution is -0.119. The molecule has 0 saturated heterocycles. The molecule has 1 aliphatic rings. The van der Waals surface area contributed by atoms with Gasteiger partial charge in [0, 0.05) is 33.0 Å². The van der Waals surface area contributed by atoms with Gasteiger partial charge in [-0.15, -0.1) is 0 Å². The van der Waals surface area contributed by atoms with Crippen molar-refractivity contribution >= 4 is 11.8 Å². The maximum atomic E-state index is 10.8. The number of carbonyl (C=O) groups is 2. The van der Waals surface area contributed by atoms with E-state index in [0.29, 0.717) is 25.1 Å². The van der Waals surface area contributed by atoms with Crippen molar-refractivity contribution in [2.45, 2.75) is 71.3 Å². The first-order chi connectivity index (χ1) is 19.4. The molecule has 0 atom stereocenters.